The molecule has 0 N–H and O–H groups in total. The predicted molar refractivity (Wildman–Crippen MR) is 66.2 cm³/mol. The SMILES string of the molecule is CCCCn1cc(CC)c2ccccc21. The first-order chi connectivity index (χ1) is 7.36. The fourth-order valence-corrected chi connectivity index (χ4v) is 2.12. The van der Waals surface area contributed by atoms with Gasteiger partial charge in [-0.15, -0.1) is 0 Å². The number of para-hydroxylation sites is 1. The highest BCUT2D eigenvalue weighted by Gasteiger charge is 2.05. The number of hydrogen-bond acceptors (Lipinski definition) is 0. The Labute approximate surface area is 91.7 Å². The van der Waals surface area contributed by atoms with E-state index in [1.165, 1.54) is 29.3 Å². The number of nitrogens with zero attached hydrogens (tertiary/aromatic N) is 1. The third kappa shape index (κ3) is 1.92. The van der Waals surface area contributed by atoms with Crippen LogP contribution in [0.25, 0.3) is 10.9 Å². The summed E-state index contributed by atoms with van der Waals surface area (Å²) in [5, 5.41) is 1.43. The second-order valence-electron chi connectivity index (χ2n) is 4.07. The van der Waals surface area contributed by atoms with Crippen molar-refractivity contribution in [2.75, 3.05) is 0 Å². The van der Waals surface area contributed by atoms with Crippen LogP contribution in [0, 0.1) is 0 Å². The second-order valence-corrected chi connectivity index (χ2v) is 4.07. The van der Waals surface area contributed by atoms with Gasteiger partial charge in [0.05, 0.1) is 0 Å². The smallest absolute Gasteiger partial charge is 0.0483 e. The van der Waals surface area contributed by atoms with Crippen LogP contribution in [0.4, 0.5) is 0 Å². The predicted octanol–water partition coefficient (Wildman–Crippen LogP) is 4.00. The standard InChI is InChI=1S/C14H19N/c1-3-5-10-15-11-12(4-2)13-8-6-7-9-14(13)15/h6-9,11H,3-5,10H2,1-2H3. The number of unbranched alkanes of at least 4 members (excludes halogenated alkanes) is 1. The number of benzene rings is 1. The summed E-state index contributed by atoms with van der Waals surface area (Å²) in [5.74, 6) is 0. The number of rotatable bonds is 4. The van der Waals surface area contributed by atoms with Gasteiger partial charge in [-0.25, -0.2) is 0 Å². The molecule has 1 heteroatoms. The van der Waals surface area contributed by atoms with Gasteiger partial charge >= 0.3 is 0 Å². The molecule has 80 valence electrons. The van der Waals surface area contributed by atoms with Crippen molar-refractivity contribution in [3.63, 3.8) is 0 Å². The van der Waals surface area contributed by atoms with Crippen molar-refractivity contribution in [3.05, 3.63) is 36.0 Å². The van der Waals surface area contributed by atoms with Crippen molar-refractivity contribution in [1.82, 2.24) is 4.57 Å². The largest absolute Gasteiger partial charge is 0.347 e. The molecule has 2 aromatic rings. The fourth-order valence-electron chi connectivity index (χ4n) is 2.12. The molecule has 0 aliphatic heterocycles. The minimum absolute atomic E-state index is 1.12. The fraction of sp³-hybridized carbons (Fsp3) is 0.429. The minimum Gasteiger partial charge on any atom is -0.347 e. The zero-order chi connectivity index (χ0) is 10.7. The summed E-state index contributed by atoms with van der Waals surface area (Å²) < 4.78 is 2.40. The van der Waals surface area contributed by atoms with E-state index < -0.39 is 0 Å². The van der Waals surface area contributed by atoms with Crippen molar-refractivity contribution in [2.24, 2.45) is 0 Å². The molecule has 1 aromatic heterocycles. The Bertz CT molecular complexity index is 440. The molecular weight excluding hydrogens is 182 g/mol. The van der Waals surface area contributed by atoms with Crippen LogP contribution < -0.4 is 0 Å². The van der Waals surface area contributed by atoms with E-state index in [4.69, 9.17) is 0 Å². The maximum absolute atomic E-state index is 2.40. The summed E-state index contributed by atoms with van der Waals surface area (Å²) in [6.07, 6.45) is 5.97. The zero-order valence-corrected chi connectivity index (χ0v) is 9.66. The van der Waals surface area contributed by atoms with Crippen molar-refractivity contribution < 1.29 is 0 Å². The molecule has 0 saturated heterocycles. The Morgan fingerprint density at radius 3 is 2.67 bits per heavy atom. The quantitative estimate of drug-likeness (QED) is 0.704. The topological polar surface area (TPSA) is 4.93 Å². The van der Waals surface area contributed by atoms with Crippen LogP contribution in [0.5, 0.6) is 0 Å². The maximum Gasteiger partial charge on any atom is 0.0483 e. The Morgan fingerprint density at radius 2 is 1.93 bits per heavy atom. The molecule has 1 nitrogen and oxygen atoms in total. The van der Waals surface area contributed by atoms with Gasteiger partial charge in [0.25, 0.3) is 0 Å². The van der Waals surface area contributed by atoms with Crippen LogP contribution in [0.1, 0.15) is 32.3 Å². The lowest BCUT2D eigenvalue weighted by molar-refractivity contribution is 0.648. The van der Waals surface area contributed by atoms with Gasteiger partial charge in [-0.3, -0.25) is 0 Å². The lowest BCUT2D eigenvalue weighted by atomic mass is 10.1. The maximum atomic E-state index is 2.40. The molecule has 1 heterocycles. The van der Waals surface area contributed by atoms with Crippen molar-refractivity contribution in [1.29, 1.82) is 0 Å². The van der Waals surface area contributed by atoms with Crippen LogP contribution in [0.15, 0.2) is 30.5 Å². The van der Waals surface area contributed by atoms with Crippen LogP contribution in [-0.4, -0.2) is 4.57 Å². The molecule has 0 atom stereocenters. The van der Waals surface area contributed by atoms with E-state index in [0.29, 0.717) is 0 Å². The van der Waals surface area contributed by atoms with Gasteiger partial charge < -0.3 is 4.57 Å². The second kappa shape index (κ2) is 4.52. The van der Waals surface area contributed by atoms with E-state index in [1.54, 1.807) is 0 Å². The van der Waals surface area contributed by atoms with Gasteiger partial charge in [0.1, 0.15) is 0 Å². The highest BCUT2D eigenvalue weighted by molar-refractivity contribution is 5.83. The first-order valence-corrected chi connectivity index (χ1v) is 5.93. The normalized spacial score (nSPS) is 11.1. The van der Waals surface area contributed by atoms with Gasteiger partial charge in [-0.05, 0) is 24.5 Å². The molecule has 0 aliphatic carbocycles. The molecule has 2 rings (SSSR count). The van der Waals surface area contributed by atoms with Crippen LogP contribution in [0.3, 0.4) is 0 Å². The van der Waals surface area contributed by atoms with Crippen molar-refractivity contribution in [3.8, 4) is 0 Å². The van der Waals surface area contributed by atoms with Gasteiger partial charge in [-0.2, -0.15) is 0 Å². The molecule has 0 unspecified atom stereocenters. The van der Waals surface area contributed by atoms with Crippen LogP contribution >= 0.6 is 0 Å². The Morgan fingerprint density at radius 1 is 1.13 bits per heavy atom. The van der Waals surface area contributed by atoms with E-state index in [9.17, 15) is 0 Å². The average molecular weight is 201 g/mol. The van der Waals surface area contributed by atoms with Crippen LogP contribution in [0.2, 0.25) is 0 Å². The van der Waals surface area contributed by atoms with E-state index >= 15 is 0 Å². The monoisotopic (exact) mass is 201 g/mol. The average Bonchev–Trinajstić information content (AvgIpc) is 2.65. The summed E-state index contributed by atoms with van der Waals surface area (Å²) in [4.78, 5) is 0. The number of fused-ring (bicyclic) bond motifs is 1. The first kappa shape index (κ1) is 10.3. The number of hydrogen-bond donors (Lipinski definition) is 0. The molecule has 0 bridgehead atoms. The van der Waals surface area contributed by atoms with Gasteiger partial charge in [0.15, 0.2) is 0 Å². The van der Waals surface area contributed by atoms with Crippen molar-refractivity contribution in [2.45, 2.75) is 39.7 Å². The van der Waals surface area contributed by atoms with Gasteiger partial charge in [-0.1, -0.05) is 38.5 Å². The lowest BCUT2D eigenvalue weighted by Crippen LogP contribution is -1.94. The Balaban J connectivity index is 2.45. The summed E-state index contributed by atoms with van der Waals surface area (Å²) in [6.45, 7) is 5.62. The Kier molecular flexibility index (Phi) is 3.10. The lowest BCUT2D eigenvalue weighted by Gasteiger charge is -2.02. The molecule has 1 aromatic carbocycles. The van der Waals surface area contributed by atoms with E-state index in [2.05, 4.69) is 48.9 Å². The van der Waals surface area contributed by atoms with Crippen molar-refractivity contribution >= 4 is 10.9 Å². The van der Waals surface area contributed by atoms with E-state index in [0.717, 1.165) is 13.0 Å². The third-order valence-electron chi connectivity index (χ3n) is 3.00. The molecule has 0 radical (unpaired) electrons. The zero-order valence-electron chi connectivity index (χ0n) is 9.66. The summed E-state index contributed by atoms with van der Waals surface area (Å²) >= 11 is 0. The third-order valence-corrected chi connectivity index (χ3v) is 3.00. The summed E-state index contributed by atoms with van der Waals surface area (Å²) in [7, 11) is 0. The highest BCUT2D eigenvalue weighted by Crippen LogP contribution is 2.22. The Hall–Kier alpha value is -1.24. The summed E-state index contributed by atoms with van der Waals surface area (Å²) in [6, 6.07) is 8.72. The van der Waals surface area contributed by atoms with Crippen LogP contribution in [-0.2, 0) is 13.0 Å². The van der Waals surface area contributed by atoms with E-state index in [1.807, 2.05) is 0 Å². The molecular formula is C14H19N. The van der Waals surface area contributed by atoms with Gasteiger partial charge in [0.2, 0.25) is 0 Å². The number of aryl methyl sites for hydroxylation is 2. The highest BCUT2D eigenvalue weighted by atomic mass is 15.0. The van der Waals surface area contributed by atoms with Gasteiger partial charge in [0, 0.05) is 23.6 Å². The molecule has 0 saturated carbocycles. The first-order valence-electron chi connectivity index (χ1n) is 5.93. The minimum atomic E-state index is 1.12. The summed E-state index contributed by atoms with van der Waals surface area (Å²) in [5.41, 5.74) is 2.87. The molecule has 0 aliphatic rings. The molecule has 0 fully saturated rings. The molecule has 0 spiro atoms. The molecule has 0 amide bonds. The van der Waals surface area contributed by atoms with E-state index in [-0.39, 0.29) is 0 Å². The molecule has 15 heavy (non-hydrogen) atoms. The number of aromatic nitrogens is 1.